The lowest BCUT2D eigenvalue weighted by molar-refractivity contribution is -0.870. The van der Waals surface area contributed by atoms with E-state index < -0.39 is 26.5 Å². The summed E-state index contributed by atoms with van der Waals surface area (Å²) in [6, 6.07) is 0. The lowest BCUT2D eigenvalue weighted by Crippen LogP contribution is -2.37. The molecular formula is C68H128NO8P. The molecule has 2 atom stereocenters. The lowest BCUT2D eigenvalue weighted by Gasteiger charge is -2.28. The van der Waals surface area contributed by atoms with Crippen LogP contribution in [-0.2, 0) is 32.7 Å². The normalized spacial score (nSPS) is 13.5. The topological polar surface area (TPSA) is 111 Å². The second kappa shape index (κ2) is 59.6. The van der Waals surface area contributed by atoms with Crippen molar-refractivity contribution < 1.29 is 42.1 Å². The van der Waals surface area contributed by atoms with Gasteiger partial charge in [0, 0.05) is 12.8 Å². The molecule has 0 aromatic carbocycles. The van der Waals surface area contributed by atoms with E-state index in [2.05, 4.69) is 62.5 Å². The summed E-state index contributed by atoms with van der Waals surface area (Å²) in [6.45, 7) is 4.24. The van der Waals surface area contributed by atoms with E-state index in [0.717, 1.165) is 44.9 Å². The van der Waals surface area contributed by atoms with Gasteiger partial charge in [-0.2, -0.15) is 0 Å². The number of ether oxygens (including phenoxy) is 2. The molecule has 0 aliphatic rings. The van der Waals surface area contributed by atoms with Gasteiger partial charge in [-0.1, -0.05) is 281 Å². The highest BCUT2D eigenvalue weighted by molar-refractivity contribution is 7.45. The Labute approximate surface area is 484 Å². The van der Waals surface area contributed by atoms with Crippen molar-refractivity contribution in [1.29, 1.82) is 0 Å². The molecule has 0 heterocycles. The maximum atomic E-state index is 12.8. The van der Waals surface area contributed by atoms with Gasteiger partial charge in [0.05, 0.1) is 27.7 Å². The Morgan fingerprint density at radius 2 is 0.692 bits per heavy atom. The fourth-order valence-corrected chi connectivity index (χ4v) is 10.4. The third-order valence-corrected chi connectivity index (χ3v) is 15.8. The van der Waals surface area contributed by atoms with E-state index in [1.165, 1.54) is 244 Å². The Bertz CT molecular complexity index is 1460. The van der Waals surface area contributed by atoms with Gasteiger partial charge in [0.1, 0.15) is 19.8 Å². The van der Waals surface area contributed by atoms with Gasteiger partial charge < -0.3 is 27.9 Å². The van der Waals surface area contributed by atoms with Crippen molar-refractivity contribution in [3.05, 3.63) is 48.6 Å². The number of hydrogen-bond acceptors (Lipinski definition) is 8. The summed E-state index contributed by atoms with van der Waals surface area (Å²) in [5.41, 5.74) is 0. The maximum absolute atomic E-state index is 12.8. The predicted molar refractivity (Wildman–Crippen MR) is 333 cm³/mol. The predicted octanol–water partition coefficient (Wildman–Crippen LogP) is 20.6. The van der Waals surface area contributed by atoms with E-state index in [1.807, 2.05) is 21.1 Å². The van der Waals surface area contributed by atoms with Crippen LogP contribution in [0.1, 0.15) is 322 Å². The number of allylic oxidation sites excluding steroid dienone is 8. The number of phosphoric ester groups is 1. The minimum Gasteiger partial charge on any atom is -0.756 e. The van der Waals surface area contributed by atoms with Crippen LogP contribution in [0.25, 0.3) is 0 Å². The molecule has 0 radical (unpaired) electrons. The highest BCUT2D eigenvalue weighted by atomic mass is 31.2. The molecule has 0 saturated carbocycles. The zero-order valence-corrected chi connectivity index (χ0v) is 53.0. The van der Waals surface area contributed by atoms with Crippen LogP contribution in [0.3, 0.4) is 0 Å². The van der Waals surface area contributed by atoms with E-state index in [9.17, 15) is 19.0 Å². The Morgan fingerprint density at radius 3 is 1.04 bits per heavy atom. The van der Waals surface area contributed by atoms with Gasteiger partial charge >= 0.3 is 11.9 Å². The standard InChI is InChI=1S/C68H128NO8P/c1-6-8-10-12-14-16-18-20-22-24-26-27-28-29-30-31-32-33-34-35-36-37-38-39-40-41-43-45-47-49-51-53-55-57-59-61-68(71)77-66(65-76-78(72,73)75-63-62-69(3,4)5)64-74-67(70)60-58-56-54-52-50-48-46-44-42-25-23-21-19-17-15-13-11-9-7-2/h15,17-18,20-21,23-24,26,66H,6-14,16,19,22,25,27-65H2,1-5H3/b17-15-,20-18-,23-21-,26-24-. The third kappa shape index (κ3) is 63.2. The Balaban J connectivity index is 3.98. The molecule has 0 amide bonds. The minimum absolute atomic E-state index is 0.0303. The summed E-state index contributed by atoms with van der Waals surface area (Å²) in [6.07, 6.45) is 76.2. The number of unbranched alkanes of at least 4 members (excludes halogenated alkanes) is 40. The van der Waals surface area contributed by atoms with Crippen molar-refractivity contribution >= 4 is 19.8 Å². The number of carbonyl (C=O) groups is 2. The summed E-state index contributed by atoms with van der Waals surface area (Å²) in [5, 5.41) is 0. The average molecular weight is 1120 g/mol. The second-order valence-electron chi connectivity index (χ2n) is 23.8. The molecule has 9 nitrogen and oxygen atoms in total. The first-order valence-corrected chi connectivity index (χ1v) is 34.8. The summed E-state index contributed by atoms with van der Waals surface area (Å²) in [5.74, 6) is -0.824. The smallest absolute Gasteiger partial charge is 0.306 e. The van der Waals surface area contributed by atoms with Crippen LogP contribution in [0.4, 0.5) is 0 Å². The molecule has 458 valence electrons. The Hall–Kier alpha value is -2.03. The molecule has 0 spiro atoms. The number of quaternary nitrogens is 1. The van der Waals surface area contributed by atoms with Gasteiger partial charge in [-0.3, -0.25) is 14.2 Å². The first-order chi connectivity index (χ1) is 38.0. The highest BCUT2D eigenvalue weighted by Gasteiger charge is 2.22. The quantitative estimate of drug-likeness (QED) is 0.0195. The molecule has 0 aliphatic carbocycles. The van der Waals surface area contributed by atoms with Crippen molar-refractivity contribution in [1.82, 2.24) is 0 Å². The van der Waals surface area contributed by atoms with Crippen molar-refractivity contribution in [2.75, 3.05) is 47.5 Å². The van der Waals surface area contributed by atoms with Crippen molar-refractivity contribution in [2.24, 2.45) is 0 Å². The van der Waals surface area contributed by atoms with Gasteiger partial charge in [-0.15, -0.1) is 0 Å². The first kappa shape index (κ1) is 76.0. The lowest BCUT2D eigenvalue weighted by atomic mass is 10.0. The number of esters is 2. The number of likely N-dealkylation sites (N-methyl/N-ethyl adjacent to an activating group) is 1. The van der Waals surface area contributed by atoms with Crippen LogP contribution >= 0.6 is 7.82 Å². The van der Waals surface area contributed by atoms with E-state index >= 15 is 0 Å². The zero-order chi connectivity index (χ0) is 57.0. The van der Waals surface area contributed by atoms with E-state index in [1.54, 1.807) is 0 Å². The molecule has 10 heteroatoms. The summed E-state index contributed by atoms with van der Waals surface area (Å²) in [7, 11) is 1.18. The maximum Gasteiger partial charge on any atom is 0.306 e. The van der Waals surface area contributed by atoms with Crippen LogP contribution in [0.5, 0.6) is 0 Å². The average Bonchev–Trinajstić information content (AvgIpc) is 3.41. The first-order valence-electron chi connectivity index (χ1n) is 33.3. The van der Waals surface area contributed by atoms with Crippen LogP contribution in [0, 0.1) is 0 Å². The number of phosphoric acid groups is 1. The number of rotatable bonds is 62. The SMILES string of the molecule is CCCCC/C=C\C/C=C\CCCCCCCCCCCC(=O)OCC(COP(=O)([O-])OCC[N+](C)(C)C)OC(=O)CCCCCCCCCCCCCCCCCCCCCCCCC/C=C\C/C=C\CCCCCCC. The van der Waals surface area contributed by atoms with Gasteiger partial charge in [-0.25, -0.2) is 0 Å². The molecule has 0 saturated heterocycles. The van der Waals surface area contributed by atoms with E-state index in [-0.39, 0.29) is 32.0 Å². The molecule has 0 fully saturated rings. The molecule has 0 rings (SSSR count). The van der Waals surface area contributed by atoms with Crippen LogP contribution in [0.15, 0.2) is 48.6 Å². The molecule has 0 aliphatic heterocycles. The summed E-state index contributed by atoms with van der Waals surface area (Å²) >= 11 is 0. The second-order valence-corrected chi connectivity index (χ2v) is 25.2. The Kier molecular flexibility index (Phi) is 58.0. The largest absolute Gasteiger partial charge is 0.756 e. The fourth-order valence-electron chi connectivity index (χ4n) is 9.66. The van der Waals surface area contributed by atoms with E-state index in [4.69, 9.17) is 18.5 Å². The zero-order valence-electron chi connectivity index (χ0n) is 52.1. The highest BCUT2D eigenvalue weighted by Crippen LogP contribution is 2.38. The monoisotopic (exact) mass is 1120 g/mol. The van der Waals surface area contributed by atoms with Crippen molar-refractivity contribution in [3.8, 4) is 0 Å². The number of nitrogens with zero attached hydrogens (tertiary/aromatic N) is 1. The number of carbonyl (C=O) groups excluding carboxylic acids is 2. The molecule has 2 unspecified atom stereocenters. The van der Waals surface area contributed by atoms with Crippen LogP contribution < -0.4 is 4.89 Å². The van der Waals surface area contributed by atoms with Crippen LogP contribution in [0.2, 0.25) is 0 Å². The molecule has 0 aromatic rings. The fraction of sp³-hybridized carbons (Fsp3) is 0.853. The van der Waals surface area contributed by atoms with E-state index in [0.29, 0.717) is 17.4 Å². The van der Waals surface area contributed by atoms with Crippen LogP contribution in [-0.4, -0.2) is 70.0 Å². The van der Waals surface area contributed by atoms with Gasteiger partial charge in [-0.05, 0) is 77.0 Å². The summed E-state index contributed by atoms with van der Waals surface area (Å²) < 4.78 is 34.2. The third-order valence-electron chi connectivity index (χ3n) is 14.8. The number of hydrogen-bond donors (Lipinski definition) is 0. The molecule has 0 bridgehead atoms. The minimum atomic E-state index is -4.64. The molecule has 0 aromatic heterocycles. The van der Waals surface area contributed by atoms with Gasteiger partial charge in [0.15, 0.2) is 6.10 Å². The van der Waals surface area contributed by atoms with Gasteiger partial charge in [0.25, 0.3) is 7.82 Å². The summed E-state index contributed by atoms with van der Waals surface area (Å²) in [4.78, 5) is 38.0. The Morgan fingerprint density at radius 1 is 0.397 bits per heavy atom. The van der Waals surface area contributed by atoms with Crippen molar-refractivity contribution in [3.63, 3.8) is 0 Å². The van der Waals surface area contributed by atoms with Gasteiger partial charge in [0.2, 0.25) is 0 Å². The molecule has 78 heavy (non-hydrogen) atoms. The molecule has 0 N–H and O–H groups in total. The van der Waals surface area contributed by atoms with Crippen molar-refractivity contribution in [2.45, 2.75) is 328 Å². The molecular weight excluding hydrogens is 990 g/mol.